The molecule has 0 aromatic heterocycles. The molecule has 3 fully saturated rings. The predicted molar refractivity (Wildman–Crippen MR) is 300 cm³/mol. The maximum absolute atomic E-state index is 10.3. The number of hydrogen-bond donors (Lipinski definition) is 0. The van der Waals surface area contributed by atoms with Crippen molar-refractivity contribution in [3.63, 3.8) is 0 Å². The highest BCUT2D eigenvalue weighted by Crippen LogP contribution is 2.39. The van der Waals surface area contributed by atoms with Crippen molar-refractivity contribution in [2.45, 2.75) is 138 Å². The van der Waals surface area contributed by atoms with Gasteiger partial charge in [-0.3, -0.25) is 0 Å². The molecule has 22 nitrogen and oxygen atoms in total. The van der Waals surface area contributed by atoms with Crippen molar-refractivity contribution in [3.8, 4) is 0 Å². The highest BCUT2D eigenvalue weighted by Gasteiger charge is 2.53. The van der Waals surface area contributed by atoms with E-state index in [0.29, 0.717) is 0 Å². The molecule has 6 aromatic carbocycles. The van der Waals surface area contributed by atoms with Gasteiger partial charge < -0.3 is 47.4 Å². The summed E-state index contributed by atoms with van der Waals surface area (Å²) in [4.78, 5) is 12.8. The fraction of sp³-hybridized carbons (Fsp3) is 0.400. The molecule has 6 aromatic rings. The zero-order valence-corrected chi connectivity index (χ0v) is 44.9. The summed E-state index contributed by atoms with van der Waals surface area (Å²) < 4.78 is 68.0. The minimum Gasteiger partial charge on any atom is -0.374 e. The highest BCUT2D eigenvalue weighted by molar-refractivity contribution is 5.18. The first-order valence-electron chi connectivity index (χ1n) is 27.1. The Morgan fingerprint density at radius 1 is 0.378 bits per heavy atom. The van der Waals surface area contributed by atoms with Gasteiger partial charge >= 0.3 is 0 Å². The summed E-state index contributed by atoms with van der Waals surface area (Å²) in [6.45, 7) is 0.640. The molecule has 0 radical (unpaired) electrons. The summed E-state index contributed by atoms with van der Waals surface area (Å²) >= 11 is 0. The Morgan fingerprint density at radius 3 is 1.17 bits per heavy atom. The van der Waals surface area contributed by atoms with E-state index in [2.05, 4.69) is 40.1 Å². The first kappa shape index (κ1) is 58.8. The Morgan fingerprint density at radius 2 is 0.744 bits per heavy atom. The van der Waals surface area contributed by atoms with E-state index in [0.717, 1.165) is 33.4 Å². The van der Waals surface area contributed by atoms with E-state index in [4.69, 9.17) is 47.4 Å². The van der Waals surface area contributed by atoms with Crippen LogP contribution in [0.3, 0.4) is 0 Å². The van der Waals surface area contributed by atoms with Gasteiger partial charge in [0, 0.05) is 26.1 Å². The molecule has 0 bridgehead atoms. The largest absolute Gasteiger partial charge is 0.374 e. The molecule has 3 aliphatic rings. The molecule has 2 saturated heterocycles. The predicted octanol–water partition coefficient (Wildman–Crippen LogP) is 12.5. The standard InChI is InChI=1S/C60H64N12O10/c61-69-65-33-51-55(75-36-43-23-11-3-12-24-43)57(77-38-45-27-15-5-16-28-45)58(78-39-46-29-17-6-18-30-46)60(81-51)80-50-32-49(47(66-70-62)31-48(50)67-71-63)79-59-56(76-37-44-25-13-4-14-26-44)53(68-72-64)54(74-35-42-21-9-2-10-22-42)52(82-59)40-73-34-41-19-7-1-8-20-41/h1-30,47-60H,31-40H2/t47-,48-,49-,50-,51-,52-,53+,54-,55-,56-,57+,58-,59+,60+/m1/s1. The van der Waals surface area contributed by atoms with Crippen LogP contribution in [0.5, 0.6) is 0 Å². The van der Waals surface area contributed by atoms with Crippen LogP contribution in [-0.2, 0) is 87.0 Å². The first-order chi connectivity index (χ1) is 40.5. The van der Waals surface area contributed by atoms with Crippen LogP contribution in [0.4, 0.5) is 0 Å². The number of rotatable bonds is 28. The van der Waals surface area contributed by atoms with Crippen LogP contribution in [0.2, 0.25) is 0 Å². The van der Waals surface area contributed by atoms with E-state index in [1.165, 1.54) is 0 Å². The van der Waals surface area contributed by atoms with Gasteiger partial charge in [0.15, 0.2) is 12.6 Å². The summed E-state index contributed by atoms with van der Waals surface area (Å²) in [7, 11) is 0. The average molecular weight is 1110 g/mol. The van der Waals surface area contributed by atoms with Crippen molar-refractivity contribution in [3.05, 3.63) is 257 Å². The second-order valence-corrected chi connectivity index (χ2v) is 19.9. The van der Waals surface area contributed by atoms with E-state index in [-0.39, 0.29) is 65.6 Å². The van der Waals surface area contributed by atoms with Crippen molar-refractivity contribution in [1.29, 1.82) is 0 Å². The van der Waals surface area contributed by atoms with E-state index in [1.807, 2.05) is 182 Å². The number of ether oxygens (including phenoxy) is 10. The third kappa shape index (κ3) is 16.6. The molecule has 1 saturated carbocycles. The van der Waals surface area contributed by atoms with Crippen molar-refractivity contribution < 1.29 is 47.4 Å². The third-order valence-electron chi connectivity index (χ3n) is 14.4. The van der Waals surface area contributed by atoms with Crippen molar-refractivity contribution in [2.75, 3.05) is 13.2 Å². The molecular weight excluding hydrogens is 1050 g/mol. The van der Waals surface area contributed by atoms with Gasteiger partial charge in [-0.1, -0.05) is 202 Å². The molecule has 424 valence electrons. The smallest absolute Gasteiger partial charge is 0.187 e. The van der Waals surface area contributed by atoms with E-state index >= 15 is 0 Å². The maximum atomic E-state index is 10.3. The van der Waals surface area contributed by atoms with Crippen molar-refractivity contribution in [2.24, 2.45) is 20.5 Å². The van der Waals surface area contributed by atoms with Crippen LogP contribution in [0, 0.1) is 0 Å². The molecule has 2 aliphatic heterocycles. The molecule has 2 heterocycles. The molecule has 0 amide bonds. The Hall–Kier alpha value is -7.84. The van der Waals surface area contributed by atoms with Crippen molar-refractivity contribution in [1.82, 2.24) is 0 Å². The van der Waals surface area contributed by atoms with Crippen LogP contribution in [-0.4, -0.2) is 98.8 Å². The fourth-order valence-electron chi connectivity index (χ4n) is 10.3. The Bertz CT molecular complexity index is 3050. The number of azide groups is 4. The van der Waals surface area contributed by atoms with Crippen molar-refractivity contribution >= 4 is 0 Å². The molecule has 14 atom stereocenters. The lowest BCUT2D eigenvalue weighted by molar-refractivity contribution is -0.338. The van der Waals surface area contributed by atoms with Gasteiger partial charge in [-0.05, 0) is 61.9 Å². The molecule has 82 heavy (non-hydrogen) atoms. The summed E-state index contributed by atoms with van der Waals surface area (Å²) in [5.41, 5.74) is 45.4. The fourth-order valence-corrected chi connectivity index (χ4v) is 10.3. The minimum atomic E-state index is -1.31. The molecule has 9 rings (SSSR count). The molecule has 0 unspecified atom stereocenters. The number of hydrogen-bond acceptors (Lipinski definition) is 14. The molecule has 22 heteroatoms. The molecule has 0 spiro atoms. The van der Waals surface area contributed by atoms with Gasteiger partial charge in [-0.2, -0.15) is 0 Å². The topological polar surface area (TPSA) is 287 Å². The second-order valence-electron chi connectivity index (χ2n) is 19.9. The van der Waals surface area contributed by atoms with Crippen LogP contribution in [0.25, 0.3) is 41.8 Å². The van der Waals surface area contributed by atoms with Crippen LogP contribution < -0.4 is 0 Å². The van der Waals surface area contributed by atoms with Gasteiger partial charge in [0.25, 0.3) is 0 Å². The lowest BCUT2D eigenvalue weighted by atomic mass is 9.86. The molecule has 1 aliphatic carbocycles. The van der Waals surface area contributed by atoms with E-state index in [1.54, 1.807) is 0 Å². The normalized spacial score (nSPS) is 26.9. The SMILES string of the molecule is [N-]=[N+]=NC[C@H]1O[C@H](O[C@@H]2C[C@@H](O[C@H]3O[C@H](COCc4ccccc4)[C@@H](OCc4ccccc4)[C@H](N=[N+]=[N-])[C@H]3OCc3ccccc3)[C@H](N=[N+]=[N-])C[C@H]2N=[N+]=[N-])[C@H](OCc2ccccc2)[C@@H](OCc2ccccc2)[C@@H]1OCc1ccccc1. The molecule has 0 N–H and O–H groups in total. The van der Waals surface area contributed by atoms with Gasteiger partial charge in [-0.15, -0.1) is 0 Å². The number of nitrogens with zero attached hydrogens (tertiary/aromatic N) is 12. The third-order valence-corrected chi connectivity index (χ3v) is 14.4. The Kier molecular flexibility index (Phi) is 22.5. The zero-order valence-electron chi connectivity index (χ0n) is 44.9. The van der Waals surface area contributed by atoms with Crippen LogP contribution >= 0.6 is 0 Å². The average Bonchev–Trinajstić information content (AvgIpc) is 3.71. The lowest BCUT2D eigenvalue weighted by Crippen LogP contribution is -2.63. The molecular formula is C60H64N12O10. The highest BCUT2D eigenvalue weighted by atomic mass is 16.7. The maximum Gasteiger partial charge on any atom is 0.187 e. The summed E-state index contributed by atoms with van der Waals surface area (Å²) in [6, 6.07) is 54.5. The number of benzene rings is 6. The Balaban J connectivity index is 1.06. The summed E-state index contributed by atoms with van der Waals surface area (Å²) in [6.07, 6.45) is -11.4. The van der Waals surface area contributed by atoms with Crippen LogP contribution in [0.1, 0.15) is 46.2 Å². The minimum absolute atomic E-state index is 0.0177. The van der Waals surface area contributed by atoms with E-state index < -0.39 is 85.6 Å². The monoisotopic (exact) mass is 1110 g/mol. The second kappa shape index (κ2) is 31.4. The quantitative estimate of drug-likeness (QED) is 0.0254. The lowest BCUT2D eigenvalue weighted by Gasteiger charge is -2.49. The van der Waals surface area contributed by atoms with Gasteiger partial charge in [0.2, 0.25) is 0 Å². The van der Waals surface area contributed by atoms with E-state index in [9.17, 15) is 22.1 Å². The summed E-state index contributed by atoms with van der Waals surface area (Å²) in [5.74, 6) is 0. The first-order valence-corrected chi connectivity index (χ1v) is 27.1. The van der Waals surface area contributed by atoms with Gasteiger partial charge in [-0.25, -0.2) is 0 Å². The Labute approximate surface area is 474 Å². The van der Waals surface area contributed by atoms with Gasteiger partial charge in [0.05, 0.1) is 95.3 Å². The van der Waals surface area contributed by atoms with Gasteiger partial charge in [0.1, 0.15) is 30.5 Å². The zero-order chi connectivity index (χ0) is 56.6. The summed E-state index contributed by atoms with van der Waals surface area (Å²) in [5, 5.41) is 16.7. The van der Waals surface area contributed by atoms with Crippen LogP contribution in [0.15, 0.2) is 202 Å².